The van der Waals surface area contributed by atoms with Gasteiger partial charge in [0.25, 0.3) is 0 Å². The van der Waals surface area contributed by atoms with Gasteiger partial charge in [-0.3, -0.25) is 9.59 Å². The topological polar surface area (TPSA) is 162 Å². The van der Waals surface area contributed by atoms with Crippen LogP contribution in [0.25, 0.3) is 22.2 Å². The number of amides is 1. The molecule has 0 aliphatic heterocycles. The van der Waals surface area contributed by atoms with Crippen LogP contribution in [-0.2, 0) is 22.6 Å². The molecule has 0 radical (unpaired) electrons. The molecule has 3 aromatic carbocycles. The van der Waals surface area contributed by atoms with Crippen molar-refractivity contribution in [1.29, 1.82) is 0 Å². The van der Waals surface area contributed by atoms with E-state index in [0.29, 0.717) is 24.2 Å². The van der Waals surface area contributed by atoms with E-state index in [9.17, 15) is 19.5 Å². The van der Waals surface area contributed by atoms with E-state index in [1.54, 1.807) is 12.1 Å². The van der Waals surface area contributed by atoms with Gasteiger partial charge >= 0.3 is 12.1 Å². The number of nitrogens with one attached hydrogen (secondary N) is 1. The summed E-state index contributed by atoms with van der Waals surface area (Å²) in [5.74, 6) is -0.343. The second-order valence-corrected chi connectivity index (χ2v) is 11.2. The second-order valence-electron chi connectivity index (χ2n) is 11.2. The monoisotopic (exact) mass is 601 g/mol. The lowest BCUT2D eigenvalue weighted by Gasteiger charge is -2.27. The van der Waals surface area contributed by atoms with Gasteiger partial charge in [0.1, 0.15) is 11.6 Å². The number of nitrogens with zero attached hydrogens (tertiary/aromatic N) is 2. The van der Waals surface area contributed by atoms with E-state index in [1.807, 2.05) is 54.6 Å². The zero-order chi connectivity index (χ0) is 30.3. The molecule has 1 aliphatic rings. The Balaban J connectivity index is 0.00000442. The Morgan fingerprint density at radius 2 is 1.75 bits per heavy atom. The summed E-state index contributed by atoms with van der Waals surface area (Å²) in [6.07, 6.45) is 4.93. The number of aryl methyl sites for hydroxylation is 1. The molecule has 2 unspecified atom stereocenters. The highest BCUT2D eigenvalue weighted by Crippen LogP contribution is 2.33. The standard InChI is InChI=1S/C34H37N3O6.H2O/c1-2-3-12-31-36-28-18-17-25(35-32(38)19-24-8-4-5-10-27(24)33(39)40)20-29(28)37(31)21-22-13-15-23(16-14-22)26-9-6-7-11-30(26)43-34(41)42;/h6-7,9,11,13-18,20,24,27H,2-5,8,10,12,19,21H2,1H3,(H,35,38)(H,39,40)(H,41,42);1H2. The first-order chi connectivity index (χ1) is 20.8. The van der Waals surface area contributed by atoms with Crippen LogP contribution in [0.4, 0.5) is 10.5 Å². The van der Waals surface area contributed by atoms with Crippen molar-refractivity contribution in [3.63, 3.8) is 0 Å². The molecule has 5 rings (SSSR count). The number of carboxylic acids is 1. The number of unbranched alkanes of at least 4 members (excludes halogenated alkanes) is 1. The minimum Gasteiger partial charge on any atom is -0.481 e. The number of hydrogen-bond acceptors (Lipinski definition) is 5. The Bertz CT molecular complexity index is 1610. The highest BCUT2D eigenvalue weighted by Gasteiger charge is 2.32. The number of carboxylic acid groups (broad SMARTS) is 2. The van der Waals surface area contributed by atoms with Crippen molar-refractivity contribution in [2.45, 2.75) is 64.8 Å². The molecule has 1 amide bonds. The minimum absolute atomic E-state index is 0. The van der Waals surface area contributed by atoms with E-state index >= 15 is 0 Å². The Hall–Kier alpha value is -4.70. The highest BCUT2D eigenvalue weighted by atomic mass is 16.7. The van der Waals surface area contributed by atoms with Crippen LogP contribution in [0, 0.1) is 11.8 Å². The van der Waals surface area contributed by atoms with Crippen LogP contribution in [0.2, 0.25) is 0 Å². The van der Waals surface area contributed by atoms with E-state index in [-0.39, 0.29) is 29.5 Å². The summed E-state index contributed by atoms with van der Waals surface area (Å²) >= 11 is 0. The molecule has 1 aromatic heterocycles. The predicted octanol–water partition coefficient (Wildman–Crippen LogP) is 6.55. The number of ether oxygens (including phenoxy) is 1. The number of rotatable bonds is 11. The van der Waals surface area contributed by atoms with Crippen LogP contribution in [0.1, 0.15) is 63.3 Å². The third-order valence-electron chi connectivity index (χ3n) is 8.23. The number of fused-ring (bicyclic) bond motifs is 1. The molecular weight excluding hydrogens is 562 g/mol. The van der Waals surface area contributed by atoms with Crippen molar-refractivity contribution in [1.82, 2.24) is 9.55 Å². The van der Waals surface area contributed by atoms with E-state index in [2.05, 4.69) is 16.8 Å². The fraction of sp³-hybridized carbons (Fsp3) is 0.353. The number of aromatic nitrogens is 2. The van der Waals surface area contributed by atoms with E-state index in [1.165, 1.54) is 0 Å². The second kappa shape index (κ2) is 14.7. The fourth-order valence-corrected chi connectivity index (χ4v) is 6.04. The summed E-state index contributed by atoms with van der Waals surface area (Å²) in [7, 11) is 0. The third-order valence-corrected chi connectivity index (χ3v) is 8.23. The molecule has 10 heteroatoms. The maximum atomic E-state index is 13.0. The third kappa shape index (κ3) is 7.62. The number of aliphatic carboxylic acids is 1. The van der Waals surface area contributed by atoms with Gasteiger partial charge in [0.15, 0.2) is 0 Å². The molecule has 0 bridgehead atoms. The van der Waals surface area contributed by atoms with Crippen LogP contribution in [-0.4, -0.2) is 43.3 Å². The van der Waals surface area contributed by atoms with Crippen LogP contribution in [0.15, 0.2) is 66.7 Å². The number of carbonyl (C=O) groups excluding carboxylic acids is 1. The molecule has 4 aromatic rings. The molecule has 232 valence electrons. The zero-order valence-electron chi connectivity index (χ0n) is 24.8. The van der Waals surface area contributed by atoms with Crippen LogP contribution >= 0.6 is 0 Å². The predicted molar refractivity (Wildman–Crippen MR) is 168 cm³/mol. The smallest absolute Gasteiger partial charge is 0.481 e. The summed E-state index contributed by atoms with van der Waals surface area (Å²) < 4.78 is 7.14. The largest absolute Gasteiger partial charge is 0.511 e. The van der Waals surface area contributed by atoms with Gasteiger partial charge in [-0.15, -0.1) is 0 Å². The molecule has 1 aliphatic carbocycles. The van der Waals surface area contributed by atoms with Gasteiger partial charge in [-0.1, -0.05) is 68.7 Å². The summed E-state index contributed by atoms with van der Waals surface area (Å²) in [6, 6.07) is 20.7. The van der Waals surface area contributed by atoms with E-state index in [0.717, 1.165) is 66.5 Å². The van der Waals surface area contributed by atoms with E-state index < -0.39 is 18.0 Å². The van der Waals surface area contributed by atoms with Crippen LogP contribution < -0.4 is 10.1 Å². The Labute approximate surface area is 256 Å². The van der Waals surface area contributed by atoms with Gasteiger partial charge in [-0.2, -0.15) is 0 Å². The van der Waals surface area contributed by atoms with Crippen molar-refractivity contribution >= 4 is 34.8 Å². The van der Waals surface area contributed by atoms with Gasteiger partial charge in [0, 0.05) is 30.6 Å². The molecule has 1 fully saturated rings. The first-order valence-electron chi connectivity index (χ1n) is 14.9. The van der Waals surface area contributed by atoms with Crippen molar-refractivity contribution in [2.75, 3.05) is 5.32 Å². The first kappa shape index (κ1) is 32.2. The zero-order valence-corrected chi connectivity index (χ0v) is 24.8. The molecule has 10 nitrogen and oxygen atoms in total. The van der Waals surface area contributed by atoms with Gasteiger partial charge in [0.2, 0.25) is 5.91 Å². The van der Waals surface area contributed by atoms with Crippen LogP contribution in [0.5, 0.6) is 5.75 Å². The number of anilines is 1. The molecule has 1 heterocycles. The maximum absolute atomic E-state index is 13.0. The number of carbonyl (C=O) groups is 3. The van der Waals surface area contributed by atoms with Crippen molar-refractivity contribution in [2.24, 2.45) is 11.8 Å². The average Bonchev–Trinajstić information content (AvgIpc) is 3.32. The Kier molecular flexibility index (Phi) is 10.7. The number of hydrogen-bond donors (Lipinski definition) is 3. The number of para-hydroxylation sites is 1. The molecule has 0 spiro atoms. The minimum atomic E-state index is -1.36. The van der Waals surface area contributed by atoms with Crippen molar-refractivity contribution in [3.05, 3.63) is 78.1 Å². The SMILES string of the molecule is CCCCc1nc2ccc(NC(=O)CC3CCCCC3C(=O)O)cc2n1Cc1ccc(-c2ccccc2OC(=O)O)cc1.O. The summed E-state index contributed by atoms with van der Waals surface area (Å²) in [6.45, 7) is 2.72. The highest BCUT2D eigenvalue weighted by molar-refractivity contribution is 5.93. The van der Waals surface area contributed by atoms with Gasteiger partial charge in [-0.25, -0.2) is 9.78 Å². The van der Waals surface area contributed by atoms with Crippen molar-refractivity contribution in [3.8, 4) is 16.9 Å². The molecule has 1 saturated carbocycles. The number of benzene rings is 3. The quantitative estimate of drug-likeness (QED) is 0.130. The van der Waals surface area contributed by atoms with E-state index in [4.69, 9.17) is 14.8 Å². The lowest BCUT2D eigenvalue weighted by molar-refractivity contribution is -0.145. The fourth-order valence-electron chi connectivity index (χ4n) is 6.04. The Morgan fingerprint density at radius 1 is 1.00 bits per heavy atom. The molecule has 2 atom stereocenters. The van der Waals surface area contributed by atoms with Crippen LogP contribution in [0.3, 0.4) is 0 Å². The molecule has 0 saturated heterocycles. The molecule has 44 heavy (non-hydrogen) atoms. The number of imidazole rings is 1. The van der Waals surface area contributed by atoms with Crippen molar-refractivity contribution < 1.29 is 34.8 Å². The summed E-state index contributed by atoms with van der Waals surface area (Å²) in [5.41, 5.74) is 5.00. The van der Waals surface area contributed by atoms with Gasteiger partial charge in [-0.05, 0) is 60.6 Å². The Morgan fingerprint density at radius 3 is 2.48 bits per heavy atom. The van der Waals surface area contributed by atoms with Gasteiger partial charge in [0.05, 0.1) is 17.0 Å². The normalized spacial score (nSPS) is 16.2. The maximum Gasteiger partial charge on any atom is 0.511 e. The van der Waals surface area contributed by atoms with Gasteiger partial charge < -0.3 is 30.3 Å². The molecular formula is C34H39N3O7. The summed E-state index contributed by atoms with van der Waals surface area (Å²) in [5, 5.41) is 21.7. The lowest BCUT2D eigenvalue weighted by Crippen LogP contribution is -2.30. The lowest BCUT2D eigenvalue weighted by atomic mass is 9.77. The molecule has 5 N–H and O–H groups in total. The summed E-state index contributed by atoms with van der Waals surface area (Å²) in [4.78, 5) is 40.7. The average molecular weight is 602 g/mol. The first-order valence-corrected chi connectivity index (χ1v) is 14.9.